The van der Waals surface area contributed by atoms with Gasteiger partial charge in [0.15, 0.2) is 5.78 Å². The Morgan fingerprint density at radius 1 is 1.67 bits per heavy atom. The Kier molecular flexibility index (Phi) is 2.23. The van der Waals surface area contributed by atoms with Gasteiger partial charge in [-0.3, -0.25) is 14.3 Å². The van der Waals surface area contributed by atoms with E-state index >= 15 is 0 Å². The summed E-state index contributed by atoms with van der Waals surface area (Å²) in [5, 5.41) is 12.1. The van der Waals surface area contributed by atoms with E-state index in [4.69, 9.17) is 5.11 Å². The normalized spacial score (nSPS) is 9.75. The number of carbonyl (C=O) groups excluding carboxylic acids is 1. The summed E-state index contributed by atoms with van der Waals surface area (Å²) in [7, 11) is 0. The van der Waals surface area contributed by atoms with Gasteiger partial charge in [-0.1, -0.05) is 0 Å². The maximum absolute atomic E-state index is 10.7. The molecule has 0 saturated carbocycles. The highest BCUT2D eigenvalue weighted by molar-refractivity contribution is 5.93. The van der Waals surface area contributed by atoms with Crippen LogP contribution in [-0.2, 0) is 11.3 Å². The highest BCUT2D eigenvalue weighted by atomic mass is 16.4. The summed E-state index contributed by atoms with van der Waals surface area (Å²) in [6.07, 6.45) is 2.77. The molecule has 5 heteroatoms. The number of Topliss-reactive ketones (excluding diaryl/α,β-unsaturated/α-hetero) is 1. The molecule has 0 unspecified atom stereocenters. The molecule has 0 aliphatic carbocycles. The lowest BCUT2D eigenvalue weighted by Gasteiger charge is -1.92. The van der Waals surface area contributed by atoms with E-state index in [9.17, 15) is 9.59 Å². The summed E-state index contributed by atoms with van der Waals surface area (Å²) in [6, 6.07) is 0. The number of ketones is 1. The first-order chi connectivity index (χ1) is 5.59. The molecular formula is C7H8N2O3. The van der Waals surface area contributed by atoms with Crippen molar-refractivity contribution >= 4 is 11.8 Å². The van der Waals surface area contributed by atoms with Gasteiger partial charge < -0.3 is 5.11 Å². The Morgan fingerprint density at radius 3 is 2.75 bits per heavy atom. The highest BCUT2D eigenvalue weighted by Gasteiger charge is 2.04. The van der Waals surface area contributed by atoms with Crippen LogP contribution in [0.3, 0.4) is 0 Å². The zero-order chi connectivity index (χ0) is 9.14. The number of nitrogens with zero attached hydrogens (tertiary/aromatic N) is 2. The van der Waals surface area contributed by atoms with Crippen molar-refractivity contribution in [2.24, 2.45) is 0 Å². The minimum atomic E-state index is -0.979. The Bertz CT molecular complexity index is 316. The number of rotatable bonds is 3. The summed E-state index contributed by atoms with van der Waals surface area (Å²) in [5.41, 5.74) is 0.427. The summed E-state index contributed by atoms with van der Waals surface area (Å²) < 4.78 is 1.21. The van der Waals surface area contributed by atoms with Crippen LogP contribution in [-0.4, -0.2) is 26.6 Å². The molecule has 0 amide bonds. The SMILES string of the molecule is CC(=O)c1cnn(CC(=O)O)c1. The van der Waals surface area contributed by atoms with Crippen molar-refractivity contribution in [2.45, 2.75) is 13.5 Å². The Morgan fingerprint density at radius 2 is 2.33 bits per heavy atom. The third kappa shape index (κ3) is 1.91. The van der Waals surface area contributed by atoms with E-state index in [2.05, 4.69) is 5.10 Å². The lowest BCUT2D eigenvalue weighted by molar-refractivity contribution is -0.137. The number of carboxylic acid groups (broad SMARTS) is 1. The van der Waals surface area contributed by atoms with Gasteiger partial charge >= 0.3 is 5.97 Å². The second kappa shape index (κ2) is 3.17. The maximum atomic E-state index is 10.7. The Labute approximate surface area is 68.6 Å². The minimum Gasteiger partial charge on any atom is -0.480 e. The second-order valence-corrected chi connectivity index (χ2v) is 2.38. The highest BCUT2D eigenvalue weighted by Crippen LogP contribution is 1.97. The van der Waals surface area contributed by atoms with Crippen LogP contribution in [0.25, 0.3) is 0 Å². The summed E-state index contributed by atoms with van der Waals surface area (Å²) >= 11 is 0. The first-order valence-corrected chi connectivity index (χ1v) is 3.35. The van der Waals surface area contributed by atoms with E-state index in [-0.39, 0.29) is 12.3 Å². The molecule has 0 aliphatic heterocycles. The van der Waals surface area contributed by atoms with Crippen LogP contribution in [0, 0.1) is 0 Å². The number of carbonyl (C=O) groups is 2. The van der Waals surface area contributed by atoms with Gasteiger partial charge in [-0.05, 0) is 6.92 Å². The standard InChI is InChI=1S/C7H8N2O3/c1-5(10)6-2-8-9(3-6)4-7(11)12/h2-3H,4H2,1H3,(H,11,12). The number of hydrogen-bond acceptors (Lipinski definition) is 3. The summed E-state index contributed by atoms with van der Waals surface area (Å²) in [4.78, 5) is 20.9. The molecule has 0 aliphatic rings. The molecule has 1 N–H and O–H groups in total. The molecule has 0 bridgehead atoms. The molecule has 1 heterocycles. The average molecular weight is 168 g/mol. The molecule has 0 aromatic carbocycles. The van der Waals surface area contributed by atoms with Crippen LogP contribution in [0.5, 0.6) is 0 Å². The Balaban J connectivity index is 2.77. The molecular weight excluding hydrogens is 160 g/mol. The average Bonchev–Trinajstić information content (AvgIpc) is 2.34. The fourth-order valence-corrected chi connectivity index (χ4v) is 0.770. The van der Waals surface area contributed by atoms with Crippen molar-refractivity contribution in [1.29, 1.82) is 0 Å². The Hall–Kier alpha value is -1.65. The number of carboxylic acids is 1. The topological polar surface area (TPSA) is 72.2 Å². The predicted octanol–water partition coefficient (Wildman–Crippen LogP) is 0.170. The molecule has 1 aromatic rings. The van der Waals surface area contributed by atoms with Gasteiger partial charge in [0.1, 0.15) is 6.54 Å². The second-order valence-electron chi connectivity index (χ2n) is 2.38. The molecule has 0 spiro atoms. The zero-order valence-corrected chi connectivity index (χ0v) is 6.52. The molecule has 1 aromatic heterocycles. The monoisotopic (exact) mass is 168 g/mol. The molecule has 12 heavy (non-hydrogen) atoms. The maximum Gasteiger partial charge on any atom is 0.325 e. The van der Waals surface area contributed by atoms with Crippen LogP contribution in [0.2, 0.25) is 0 Å². The number of aliphatic carboxylic acids is 1. The van der Waals surface area contributed by atoms with Gasteiger partial charge in [0, 0.05) is 6.20 Å². The van der Waals surface area contributed by atoms with Gasteiger partial charge in [-0.2, -0.15) is 5.10 Å². The smallest absolute Gasteiger partial charge is 0.325 e. The molecule has 64 valence electrons. The molecule has 0 radical (unpaired) electrons. The largest absolute Gasteiger partial charge is 0.480 e. The van der Waals surface area contributed by atoms with E-state index in [1.54, 1.807) is 0 Å². The van der Waals surface area contributed by atoms with E-state index < -0.39 is 5.97 Å². The molecule has 0 atom stereocenters. The number of hydrogen-bond donors (Lipinski definition) is 1. The van der Waals surface area contributed by atoms with Gasteiger partial charge in [0.2, 0.25) is 0 Å². The van der Waals surface area contributed by atoms with Crippen LogP contribution in [0.4, 0.5) is 0 Å². The first-order valence-electron chi connectivity index (χ1n) is 3.35. The van der Waals surface area contributed by atoms with Crippen molar-refractivity contribution in [3.8, 4) is 0 Å². The zero-order valence-electron chi connectivity index (χ0n) is 6.52. The fourth-order valence-electron chi connectivity index (χ4n) is 0.770. The fraction of sp³-hybridized carbons (Fsp3) is 0.286. The molecule has 5 nitrogen and oxygen atoms in total. The van der Waals surface area contributed by atoms with E-state index in [1.165, 1.54) is 24.0 Å². The first kappa shape index (κ1) is 8.45. The van der Waals surface area contributed by atoms with Crippen molar-refractivity contribution < 1.29 is 14.7 Å². The van der Waals surface area contributed by atoms with E-state index in [1.807, 2.05) is 0 Å². The minimum absolute atomic E-state index is 0.119. The van der Waals surface area contributed by atoms with Crippen molar-refractivity contribution in [3.05, 3.63) is 18.0 Å². The molecule has 0 saturated heterocycles. The lowest BCUT2D eigenvalue weighted by Crippen LogP contribution is -2.08. The van der Waals surface area contributed by atoms with E-state index in [0.29, 0.717) is 5.56 Å². The van der Waals surface area contributed by atoms with Gasteiger partial charge in [-0.15, -0.1) is 0 Å². The van der Waals surface area contributed by atoms with Crippen molar-refractivity contribution in [1.82, 2.24) is 9.78 Å². The van der Waals surface area contributed by atoms with E-state index in [0.717, 1.165) is 0 Å². The summed E-state index contributed by atoms with van der Waals surface area (Å²) in [5.74, 6) is -1.10. The molecule has 1 rings (SSSR count). The van der Waals surface area contributed by atoms with Crippen molar-refractivity contribution in [2.75, 3.05) is 0 Å². The molecule has 0 fully saturated rings. The van der Waals surface area contributed by atoms with Crippen LogP contribution in [0.15, 0.2) is 12.4 Å². The lowest BCUT2D eigenvalue weighted by atomic mass is 10.3. The van der Waals surface area contributed by atoms with Gasteiger partial charge in [0.25, 0.3) is 0 Å². The van der Waals surface area contributed by atoms with Crippen LogP contribution >= 0.6 is 0 Å². The van der Waals surface area contributed by atoms with Crippen LogP contribution < -0.4 is 0 Å². The predicted molar refractivity (Wildman–Crippen MR) is 39.9 cm³/mol. The van der Waals surface area contributed by atoms with Crippen LogP contribution in [0.1, 0.15) is 17.3 Å². The quantitative estimate of drug-likeness (QED) is 0.653. The van der Waals surface area contributed by atoms with Gasteiger partial charge in [-0.25, -0.2) is 0 Å². The number of aromatic nitrogens is 2. The third-order valence-corrected chi connectivity index (χ3v) is 1.34. The third-order valence-electron chi connectivity index (χ3n) is 1.34. The summed E-state index contributed by atoms with van der Waals surface area (Å²) in [6.45, 7) is 1.19. The van der Waals surface area contributed by atoms with Gasteiger partial charge in [0.05, 0.1) is 11.8 Å². The van der Waals surface area contributed by atoms with Crippen molar-refractivity contribution in [3.63, 3.8) is 0 Å².